The number of piperidine rings is 2. The second kappa shape index (κ2) is 11.3. The molecule has 8 heteroatoms. The molecule has 0 spiro atoms. The Bertz CT molecular complexity index is 628. The van der Waals surface area contributed by atoms with Crippen LogP contribution in [-0.2, 0) is 23.9 Å². The smallest absolute Gasteiger partial charge is 0.309 e. The summed E-state index contributed by atoms with van der Waals surface area (Å²) in [5.41, 5.74) is 0. The molecule has 30 heavy (non-hydrogen) atoms. The molecule has 2 saturated heterocycles. The number of carbonyl (C=O) groups is 4. The Morgan fingerprint density at radius 2 is 1.80 bits per heavy atom. The zero-order valence-corrected chi connectivity index (χ0v) is 18.9. The molecule has 2 heterocycles. The molecule has 2 aliphatic heterocycles. The summed E-state index contributed by atoms with van der Waals surface area (Å²) in [5.74, 6) is -0.357. The van der Waals surface area contributed by atoms with Gasteiger partial charge in [0.25, 0.3) is 0 Å². The molecular weight excluding hydrogens is 386 g/mol. The normalized spacial score (nSPS) is 19.0. The van der Waals surface area contributed by atoms with Crippen molar-refractivity contribution in [2.45, 2.75) is 65.3 Å². The predicted octanol–water partition coefficient (Wildman–Crippen LogP) is 1.67. The van der Waals surface area contributed by atoms with Crippen LogP contribution in [0, 0.1) is 11.8 Å². The van der Waals surface area contributed by atoms with Crippen LogP contribution in [0.4, 0.5) is 0 Å². The van der Waals surface area contributed by atoms with Crippen molar-refractivity contribution >= 4 is 23.7 Å². The molecule has 1 atom stereocenters. The molecule has 0 radical (unpaired) electrons. The van der Waals surface area contributed by atoms with Crippen molar-refractivity contribution in [3.05, 3.63) is 0 Å². The Labute approximate surface area is 179 Å². The summed E-state index contributed by atoms with van der Waals surface area (Å²) in [5, 5.41) is 0. The molecule has 8 nitrogen and oxygen atoms in total. The van der Waals surface area contributed by atoms with Crippen LogP contribution in [0.15, 0.2) is 0 Å². The minimum Gasteiger partial charge on any atom is -0.466 e. The summed E-state index contributed by atoms with van der Waals surface area (Å²) in [7, 11) is 1.63. The van der Waals surface area contributed by atoms with Crippen molar-refractivity contribution in [3.8, 4) is 0 Å². The highest BCUT2D eigenvalue weighted by atomic mass is 16.5. The maximum Gasteiger partial charge on any atom is 0.309 e. The maximum absolute atomic E-state index is 13.2. The summed E-state index contributed by atoms with van der Waals surface area (Å²) in [4.78, 5) is 55.0. The molecule has 0 saturated carbocycles. The van der Waals surface area contributed by atoms with Gasteiger partial charge in [-0.2, -0.15) is 0 Å². The molecule has 2 fully saturated rings. The SMILES string of the molecule is CCOC(=O)C1CCN(C(=O)CN(C)C(=O)C(CC(C)C)N2CCCCC2=O)CC1. The maximum atomic E-state index is 13.2. The van der Waals surface area contributed by atoms with Gasteiger partial charge < -0.3 is 19.4 Å². The fourth-order valence-corrected chi connectivity index (χ4v) is 4.22. The lowest BCUT2D eigenvalue weighted by Gasteiger charge is -2.37. The van der Waals surface area contributed by atoms with E-state index in [9.17, 15) is 19.2 Å². The Balaban J connectivity index is 1.93. The largest absolute Gasteiger partial charge is 0.466 e. The molecule has 0 aromatic carbocycles. The number of amides is 3. The highest BCUT2D eigenvalue weighted by molar-refractivity contribution is 5.90. The van der Waals surface area contributed by atoms with Crippen molar-refractivity contribution in [2.75, 3.05) is 39.8 Å². The number of hydrogen-bond donors (Lipinski definition) is 0. The Morgan fingerprint density at radius 3 is 2.37 bits per heavy atom. The summed E-state index contributed by atoms with van der Waals surface area (Å²) >= 11 is 0. The number of nitrogens with zero attached hydrogens (tertiary/aromatic N) is 3. The summed E-state index contributed by atoms with van der Waals surface area (Å²) in [6.45, 7) is 7.79. The van der Waals surface area contributed by atoms with E-state index in [0.29, 0.717) is 51.9 Å². The third-order valence-corrected chi connectivity index (χ3v) is 5.93. The van der Waals surface area contributed by atoms with Crippen LogP contribution < -0.4 is 0 Å². The quantitative estimate of drug-likeness (QED) is 0.554. The van der Waals surface area contributed by atoms with Gasteiger partial charge in [-0.25, -0.2) is 0 Å². The molecule has 1 unspecified atom stereocenters. The molecule has 0 bridgehead atoms. The molecule has 2 aliphatic rings. The van der Waals surface area contributed by atoms with Gasteiger partial charge in [0.2, 0.25) is 17.7 Å². The number of hydrogen-bond acceptors (Lipinski definition) is 5. The van der Waals surface area contributed by atoms with Crippen molar-refractivity contribution in [1.29, 1.82) is 0 Å². The summed E-state index contributed by atoms with van der Waals surface area (Å²) in [6, 6.07) is -0.509. The van der Waals surface area contributed by atoms with E-state index in [1.165, 1.54) is 4.90 Å². The Kier molecular flexibility index (Phi) is 9.11. The van der Waals surface area contributed by atoms with E-state index in [1.54, 1.807) is 23.8 Å². The second-order valence-corrected chi connectivity index (χ2v) is 8.79. The first-order valence-corrected chi connectivity index (χ1v) is 11.2. The van der Waals surface area contributed by atoms with Crippen LogP contribution in [0.25, 0.3) is 0 Å². The number of esters is 1. The molecule has 0 aliphatic carbocycles. The van der Waals surface area contributed by atoms with Gasteiger partial charge in [0.1, 0.15) is 6.04 Å². The zero-order valence-electron chi connectivity index (χ0n) is 18.9. The average molecular weight is 424 g/mol. The van der Waals surface area contributed by atoms with Gasteiger partial charge >= 0.3 is 5.97 Å². The van der Waals surface area contributed by atoms with E-state index in [2.05, 4.69) is 0 Å². The van der Waals surface area contributed by atoms with E-state index >= 15 is 0 Å². The third kappa shape index (κ3) is 6.44. The minimum atomic E-state index is -0.509. The molecule has 0 aromatic heterocycles. The Morgan fingerprint density at radius 1 is 1.13 bits per heavy atom. The van der Waals surface area contributed by atoms with Gasteiger partial charge in [-0.05, 0) is 44.9 Å². The van der Waals surface area contributed by atoms with Crippen LogP contribution in [0.3, 0.4) is 0 Å². The average Bonchev–Trinajstić information content (AvgIpc) is 2.72. The van der Waals surface area contributed by atoms with Crippen LogP contribution in [-0.4, -0.2) is 84.3 Å². The number of ether oxygens (including phenoxy) is 1. The molecule has 0 N–H and O–H groups in total. The number of likely N-dealkylation sites (N-methyl/N-ethyl adjacent to an activating group) is 1. The summed E-state index contributed by atoms with van der Waals surface area (Å²) in [6.07, 6.45) is 4.02. The Hall–Kier alpha value is -2.12. The standard InChI is InChI=1S/C22H37N3O5/c1-5-30-22(29)17-9-12-24(13-10-17)20(27)15-23(4)21(28)18(14-16(2)3)25-11-7-6-8-19(25)26/h16-18H,5-15H2,1-4H3. The van der Waals surface area contributed by atoms with Gasteiger partial charge in [0.05, 0.1) is 19.1 Å². The highest BCUT2D eigenvalue weighted by Gasteiger charge is 2.35. The third-order valence-electron chi connectivity index (χ3n) is 5.93. The lowest BCUT2D eigenvalue weighted by atomic mass is 9.97. The van der Waals surface area contributed by atoms with Crippen molar-refractivity contribution in [3.63, 3.8) is 0 Å². The van der Waals surface area contributed by atoms with Gasteiger partial charge in [-0.3, -0.25) is 19.2 Å². The number of carbonyl (C=O) groups excluding carboxylic acids is 4. The first kappa shape index (κ1) is 24.2. The number of rotatable bonds is 8. The lowest BCUT2D eigenvalue weighted by molar-refractivity contribution is -0.152. The summed E-state index contributed by atoms with van der Waals surface area (Å²) < 4.78 is 5.07. The van der Waals surface area contributed by atoms with Gasteiger partial charge in [-0.15, -0.1) is 0 Å². The number of likely N-dealkylation sites (tertiary alicyclic amines) is 2. The van der Waals surface area contributed by atoms with E-state index in [-0.39, 0.29) is 42.1 Å². The van der Waals surface area contributed by atoms with Crippen molar-refractivity contribution in [1.82, 2.24) is 14.7 Å². The van der Waals surface area contributed by atoms with E-state index in [0.717, 1.165) is 12.8 Å². The predicted molar refractivity (Wildman–Crippen MR) is 112 cm³/mol. The topological polar surface area (TPSA) is 87.2 Å². The van der Waals surface area contributed by atoms with Crippen LogP contribution in [0.2, 0.25) is 0 Å². The van der Waals surface area contributed by atoms with E-state index in [1.807, 2.05) is 13.8 Å². The fourth-order valence-electron chi connectivity index (χ4n) is 4.22. The van der Waals surface area contributed by atoms with Gasteiger partial charge in [0, 0.05) is 33.1 Å². The first-order chi connectivity index (χ1) is 14.2. The molecule has 170 valence electrons. The first-order valence-electron chi connectivity index (χ1n) is 11.2. The molecule has 3 amide bonds. The molecule has 2 rings (SSSR count). The van der Waals surface area contributed by atoms with Crippen LogP contribution in [0.1, 0.15) is 59.3 Å². The highest BCUT2D eigenvalue weighted by Crippen LogP contribution is 2.21. The minimum absolute atomic E-state index is 0.0144. The van der Waals surface area contributed by atoms with Crippen molar-refractivity contribution < 1.29 is 23.9 Å². The van der Waals surface area contributed by atoms with Gasteiger partial charge in [0.15, 0.2) is 0 Å². The molecule has 0 aromatic rings. The monoisotopic (exact) mass is 423 g/mol. The van der Waals surface area contributed by atoms with Crippen LogP contribution >= 0.6 is 0 Å². The van der Waals surface area contributed by atoms with Crippen molar-refractivity contribution in [2.24, 2.45) is 11.8 Å². The van der Waals surface area contributed by atoms with Gasteiger partial charge in [-0.1, -0.05) is 13.8 Å². The molecular formula is C22H37N3O5. The van der Waals surface area contributed by atoms with E-state index in [4.69, 9.17) is 4.74 Å². The van der Waals surface area contributed by atoms with Crippen LogP contribution in [0.5, 0.6) is 0 Å². The zero-order chi connectivity index (χ0) is 22.3. The fraction of sp³-hybridized carbons (Fsp3) is 0.818. The van der Waals surface area contributed by atoms with E-state index < -0.39 is 6.04 Å². The lowest BCUT2D eigenvalue weighted by Crippen LogP contribution is -2.54. The second-order valence-electron chi connectivity index (χ2n) is 8.79.